The van der Waals surface area contributed by atoms with Crippen molar-refractivity contribution in [2.75, 3.05) is 24.3 Å². The second-order valence-corrected chi connectivity index (χ2v) is 6.41. The van der Waals surface area contributed by atoms with Gasteiger partial charge in [-0.05, 0) is 12.1 Å². The van der Waals surface area contributed by atoms with Crippen LogP contribution in [0.2, 0.25) is 0 Å². The van der Waals surface area contributed by atoms with Crippen LogP contribution >= 0.6 is 0 Å². The van der Waals surface area contributed by atoms with Gasteiger partial charge in [-0.2, -0.15) is 4.57 Å². The molecule has 136 valence electrons. The predicted molar refractivity (Wildman–Crippen MR) is 106 cm³/mol. The molecule has 3 aromatic rings. The number of anilines is 2. The maximum atomic E-state index is 12.7. The summed E-state index contributed by atoms with van der Waals surface area (Å²) in [4.78, 5) is 27.2. The number of benzene rings is 2. The van der Waals surface area contributed by atoms with E-state index in [-0.39, 0.29) is 18.2 Å². The van der Waals surface area contributed by atoms with Crippen molar-refractivity contribution in [2.24, 2.45) is 0 Å². The van der Waals surface area contributed by atoms with Gasteiger partial charge >= 0.3 is 0 Å². The van der Waals surface area contributed by atoms with Crippen molar-refractivity contribution in [2.45, 2.75) is 6.54 Å². The van der Waals surface area contributed by atoms with Crippen molar-refractivity contribution in [1.29, 1.82) is 0 Å². The number of hydrogen-bond donors (Lipinski definition) is 1. The van der Waals surface area contributed by atoms with Crippen LogP contribution in [0.25, 0.3) is 0 Å². The Kier molecular flexibility index (Phi) is 5.61. The summed E-state index contributed by atoms with van der Waals surface area (Å²) in [7, 11) is 3.93. The van der Waals surface area contributed by atoms with Crippen LogP contribution in [0, 0.1) is 0 Å². The largest absolute Gasteiger partial charge is 0.377 e. The number of nitrogens with zero attached hydrogens (tertiary/aromatic N) is 2. The van der Waals surface area contributed by atoms with Crippen molar-refractivity contribution >= 4 is 23.1 Å². The molecule has 0 aliphatic heterocycles. The van der Waals surface area contributed by atoms with Gasteiger partial charge in [-0.25, -0.2) is 0 Å². The Morgan fingerprint density at radius 3 is 2.19 bits per heavy atom. The number of carbonyl (C=O) groups is 2. The first-order valence-corrected chi connectivity index (χ1v) is 8.69. The van der Waals surface area contributed by atoms with Gasteiger partial charge in [0, 0.05) is 43.0 Å². The monoisotopic (exact) mass is 360 g/mol. The summed E-state index contributed by atoms with van der Waals surface area (Å²) < 4.78 is 1.80. The molecular weight excluding hydrogens is 338 g/mol. The minimum Gasteiger partial charge on any atom is -0.377 e. The third-order valence-electron chi connectivity index (χ3n) is 4.20. The number of carbonyl (C=O) groups excluding carboxylic acids is 2. The Morgan fingerprint density at radius 2 is 1.52 bits per heavy atom. The summed E-state index contributed by atoms with van der Waals surface area (Å²) >= 11 is 0. The molecule has 5 heteroatoms. The van der Waals surface area contributed by atoms with Crippen LogP contribution in [0.5, 0.6) is 0 Å². The van der Waals surface area contributed by atoms with Gasteiger partial charge in [0.15, 0.2) is 18.2 Å². The number of ketones is 1. The SMILES string of the molecule is CN(C)c1cc[n+](CC(=O)Nc2ccccc2C(=O)c2ccccc2)cc1. The molecule has 0 aliphatic carbocycles. The first-order valence-electron chi connectivity index (χ1n) is 8.69. The molecular formula is C22H22N3O2+. The lowest BCUT2D eigenvalue weighted by molar-refractivity contribution is -0.684. The predicted octanol–water partition coefficient (Wildman–Crippen LogP) is 2.91. The fourth-order valence-corrected chi connectivity index (χ4v) is 2.74. The molecule has 1 amide bonds. The number of para-hydroxylation sites is 1. The zero-order valence-corrected chi connectivity index (χ0v) is 15.4. The third kappa shape index (κ3) is 4.58. The molecule has 0 bridgehead atoms. The van der Waals surface area contributed by atoms with E-state index in [1.54, 1.807) is 41.0 Å². The lowest BCUT2D eigenvalue weighted by Gasteiger charge is -2.11. The van der Waals surface area contributed by atoms with E-state index >= 15 is 0 Å². The zero-order valence-electron chi connectivity index (χ0n) is 15.4. The lowest BCUT2D eigenvalue weighted by atomic mass is 10.0. The second kappa shape index (κ2) is 8.27. The van der Waals surface area contributed by atoms with E-state index in [4.69, 9.17) is 0 Å². The van der Waals surface area contributed by atoms with Crippen LogP contribution in [0.4, 0.5) is 11.4 Å². The van der Waals surface area contributed by atoms with Gasteiger partial charge in [0.2, 0.25) is 6.54 Å². The van der Waals surface area contributed by atoms with Gasteiger partial charge in [0.25, 0.3) is 5.91 Å². The van der Waals surface area contributed by atoms with Crippen LogP contribution in [-0.2, 0) is 11.3 Å². The average molecular weight is 360 g/mol. The summed E-state index contributed by atoms with van der Waals surface area (Å²) in [5.74, 6) is -0.305. The molecule has 0 saturated heterocycles. The molecule has 2 aromatic carbocycles. The Bertz CT molecular complexity index is 935. The molecule has 0 saturated carbocycles. The molecule has 0 atom stereocenters. The molecule has 27 heavy (non-hydrogen) atoms. The van der Waals surface area contributed by atoms with Crippen molar-refractivity contribution in [1.82, 2.24) is 0 Å². The smallest absolute Gasteiger partial charge is 0.290 e. The highest BCUT2D eigenvalue weighted by Crippen LogP contribution is 2.19. The van der Waals surface area contributed by atoms with E-state index in [1.807, 2.05) is 61.7 Å². The Labute approximate surface area is 158 Å². The molecule has 0 unspecified atom stereocenters. The minimum absolute atomic E-state index is 0.116. The third-order valence-corrected chi connectivity index (χ3v) is 4.20. The van der Waals surface area contributed by atoms with E-state index in [0.717, 1.165) is 5.69 Å². The highest BCUT2D eigenvalue weighted by atomic mass is 16.2. The van der Waals surface area contributed by atoms with Gasteiger partial charge < -0.3 is 10.2 Å². The first kappa shape index (κ1) is 18.3. The van der Waals surface area contributed by atoms with Crippen molar-refractivity contribution in [3.63, 3.8) is 0 Å². The average Bonchev–Trinajstić information content (AvgIpc) is 2.69. The zero-order chi connectivity index (χ0) is 19.2. The lowest BCUT2D eigenvalue weighted by Crippen LogP contribution is -2.39. The summed E-state index contributed by atoms with van der Waals surface area (Å²) in [6, 6.07) is 20.0. The highest BCUT2D eigenvalue weighted by molar-refractivity contribution is 6.13. The number of rotatable bonds is 6. The van der Waals surface area contributed by atoms with E-state index in [1.165, 1.54) is 0 Å². The number of hydrogen-bond acceptors (Lipinski definition) is 3. The fraction of sp³-hybridized carbons (Fsp3) is 0.136. The number of nitrogens with one attached hydrogen (secondary N) is 1. The number of amides is 1. The molecule has 1 aromatic heterocycles. The molecule has 0 spiro atoms. The topological polar surface area (TPSA) is 53.3 Å². The van der Waals surface area contributed by atoms with E-state index in [0.29, 0.717) is 16.8 Å². The van der Waals surface area contributed by atoms with Gasteiger partial charge in [0.1, 0.15) is 0 Å². The van der Waals surface area contributed by atoms with Crippen LogP contribution in [0.15, 0.2) is 79.1 Å². The Balaban J connectivity index is 1.74. The molecule has 1 heterocycles. The maximum Gasteiger partial charge on any atom is 0.290 e. The normalized spacial score (nSPS) is 10.3. The van der Waals surface area contributed by atoms with Crippen LogP contribution < -0.4 is 14.8 Å². The van der Waals surface area contributed by atoms with Crippen molar-refractivity contribution < 1.29 is 14.2 Å². The summed E-state index contributed by atoms with van der Waals surface area (Å²) in [5.41, 5.74) is 2.64. The molecule has 1 N–H and O–H groups in total. The maximum absolute atomic E-state index is 12.7. The highest BCUT2D eigenvalue weighted by Gasteiger charge is 2.16. The van der Waals surface area contributed by atoms with Gasteiger partial charge in [-0.3, -0.25) is 9.59 Å². The number of aromatic nitrogens is 1. The standard InChI is InChI=1S/C22H21N3O2/c1-24(2)18-12-14-25(15-13-18)16-21(26)23-20-11-7-6-10-19(20)22(27)17-8-4-3-5-9-17/h3-15H,16H2,1-2H3/p+1. The fourth-order valence-electron chi connectivity index (χ4n) is 2.74. The molecule has 0 aliphatic rings. The van der Waals surface area contributed by atoms with E-state index in [2.05, 4.69) is 5.32 Å². The molecule has 0 radical (unpaired) electrons. The van der Waals surface area contributed by atoms with E-state index < -0.39 is 0 Å². The van der Waals surface area contributed by atoms with Crippen LogP contribution in [0.1, 0.15) is 15.9 Å². The second-order valence-electron chi connectivity index (χ2n) is 6.41. The van der Waals surface area contributed by atoms with E-state index in [9.17, 15) is 9.59 Å². The summed E-state index contributed by atoms with van der Waals surface area (Å²) in [5, 5.41) is 2.86. The van der Waals surface area contributed by atoms with Crippen LogP contribution in [-0.4, -0.2) is 25.8 Å². The Morgan fingerprint density at radius 1 is 0.889 bits per heavy atom. The molecule has 0 fully saturated rings. The Hall–Kier alpha value is -3.47. The molecule has 3 rings (SSSR count). The van der Waals surface area contributed by atoms with Crippen molar-refractivity contribution in [3.8, 4) is 0 Å². The van der Waals surface area contributed by atoms with Gasteiger partial charge in [-0.1, -0.05) is 42.5 Å². The summed E-state index contributed by atoms with van der Waals surface area (Å²) in [6.07, 6.45) is 3.71. The van der Waals surface area contributed by atoms with Gasteiger partial charge in [-0.15, -0.1) is 0 Å². The van der Waals surface area contributed by atoms with Crippen molar-refractivity contribution in [3.05, 3.63) is 90.3 Å². The quantitative estimate of drug-likeness (QED) is 0.543. The minimum atomic E-state index is -0.189. The molecule has 5 nitrogen and oxygen atoms in total. The number of pyridine rings is 1. The van der Waals surface area contributed by atoms with Crippen LogP contribution in [0.3, 0.4) is 0 Å². The van der Waals surface area contributed by atoms with Gasteiger partial charge in [0.05, 0.1) is 5.69 Å². The first-order chi connectivity index (χ1) is 13.0. The summed E-state index contributed by atoms with van der Waals surface area (Å²) in [6.45, 7) is 0.168.